The smallest absolute Gasteiger partial charge is 0.317 e. The maximum absolute atomic E-state index is 11.0. The van der Waals surface area contributed by atoms with E-state index in [-0.39, 0.29) is 22.3 Å². The van der Waals surface area contributed by atoms with Gasteiger partial charge in [0.25, 0.3) is 5.91 Å². The van der Waals surface area contributed by atoms with E-state index in [0.717, 1.165) is 0 Å². The van der Waals surface area contributed by atoms with Crippen LogP contribution in [0.1, 0.15) is 10.4 Å². The fourth-order valence-corrected chi connectivity index (χ4v) is 1.32. The van der Waals surface area contributed by atoms with Crippen LogP contribution >= 0.6 is 0 Å². The third-order valence-electron chi connectivity index (χ3n) is 1.96. The van der Waals surface area contributed by atoms with Gasteiger partial charge >= 0.3 is 6.01 Å². The highest BCUT2D eigenvalue weighted by molar-refractivity contribution is 6.05. The van der Waals surface area contributed by atoms with Gasteiger partial charge in [-0.2, -0.15) is 9.97 Å². The number of hydrogen-bond donors (Lipinski definition) is 3. The molecule has 4 N–H and O–H groups in total. The first kappa shape index (κ1) is 9.20. The lowest BCUT2D eigenvalue weighted by Gasteiger charge is -2.03. The summed E-state index contributed by atoms with van der Waals surface area (Å²) in [6, 6.07) is 3.92. The molecular formula is C9H7N3O3. The third-order valence-corrected chi connectivity index (χ3v) is 1.96. The monoisotopic (exact) mass is 205 g/mol. The molecule has 1 amide bonds. The van der Waals surface area contributed by atoms with Gasteiger partial charge in [0.1, 0.15) is 0 Å². The topological polar surface area (TPSA) is 109 Å². The van der Waals surface area contributed by atoms with Crippen LogP contribution < -0.4 is 5.73 Å². The summed E-state index contributed by atoms with van der Waals surface area (Å²) >= 11 is 0. The van der Waals surface area contributed by atoms with Gasteiger partial charge in [0.05, 0.1) is 16.5 Å². The molecule has 1 aromatic carbocycles. The van der Waals surface area contributed by atoms with Crippen LogP contribution in [0, 0.1) is 0 Å². The number of fused-ring (bicyclic) bond motifs is 1. The van der Waals surface area contributed by atoms with E-state index in [1.807, 2.05) is 0 Å². The van der Waals surface area contributed by atoms with E-state index >= 15 is 0 Å². The number of benzene rings is 1. The van der Waals surface area contributed by atoms with Gasteiger partial charge in [0.15, 0.2) is 0 Å². The summed E-state index contributed by atoms with van der Waals surface area (Å²) in [5.41, 5.74) is 5.38. The van der Waals surface area contributed by atoms with Gasteiger partial charge in [-0.25, -0.2) is 0 Å². The van der Waals surface area contributed by atoms with Crippen LogP contribution in [0.3, 0.4) is 0 Å². The summed E-state index contributed by atoms with van der Waals surface area (Å²) in [6.45, 7) is 0. The predicted molar refractivity (Wildman–Crippen MR) is 51.4 cm³/mol. The van der Waals surface area contributed by atoms with E-state index in [4.69, 9.17) is 10.8 Å². The molecule has 15 heavy (non-hydrogen) atoms. The molecule has 2 aromatic rings. The Morgan fingerprint density at radius 2 is 2.00 bits per heavy atom. The average Bonchev–Trinajstić information content (AvgIpc) is 2.16. The minimum atomic E-state index is -0.682. The van der Waals surface area contributed by atoms with Crippen molar-refractivity contribution >= 4 is 16.8 Å². The van der Waals surface area contributed by atoms with Crippen molar-refractivity contribution in [2.75, 3.05) is 0 Å². The molecule has 0 aliphatic carbocycles. The van der Waals surface area contributed by atoms with E-state index < -0.39 is 11.9 Å². The Morgan fingerprint density at radius 1 is 1.27 bits per heavy atom. The first-order chi connectivity index (χ1) is 7.09. The summed E-state index contributed by atoms with van der Waals surface area (Å²) in [5.74, 6) is -1.07. The number of para-hydroxylation sites is 1. The maximum Gasteiger partial charge on any atom is 0.317 e. The highest BCUT2D eigenvalue weighted by Crippen LogP contribution is 2.25. The average molecular weight is 205 g/mol. The molecule has 0 fully saturated rings. The molecule has 6 heteroatoms. The van der Waals surface area contributed by atoms with Gasteiger partial charge in [-0.15, -0.1) is 0 Å². The molecule has 0 aliphatic rings. The van der Waals surface area contributed by atoms with Crippen molar-refractivity contribution in [3.63, 3.8) is 0 Å². The number of hydrogen-bond acceptors (Lipinski definition) is 5. The summed E-state index contributed by atoms with van der Waals surface area (Å²) in [5, 5.41) is 18.7. The predicted octanol–water partition coefficient (Wildman–Crippen LogP) is 0.140. The second-order valence-electron chi connectivity index (χ2n) is 2.91. The number of carbonyl (C=O) groups excluding carboxylic acids is 1. The van der Waals surface area contributed by atoms with Gasteiger partial charge in [-0.1, -0.05) is 6.07 Å². The van der Waals surface area contributed by atoms with Crippen LogP contribution in [0.15, 0.2) is 18.2 Å². The number of aromatic nitrogens is 2. The normalized spacial score (nSPS) is 10.4. The molecule has 76 valence electrons. The van der Waals surface area contributed by atoms with Crippen molar-refractivity contribution in [1.29, 1.82) is 0 Å². The summed E-state index contributed by atoms with van der Waals surface area (Å²) < 4.78 is 0. The van der Waals surface area contributed by atoms with Crippen LogP contribution in [0.2, 0.25) is 0 Å². The highest BCUT2D eigenvalue weighted by Gasteiger charge is 2.12. The van der Waals surface area contributed by atoms with E-state index in [0.29, 0.717) is 0 Å². The number of amides is 1. The number of rotatable bonds is 1. The molecule has 0 aliphatic heterocycles. The van der Waals surface area contributed by atoms with Gasteiger partial charge in [0.2, 0.25) is 5.88 Å². The number of primary amides is 1. The van der Waals surface area contributed by atoms with Crippen LogP contribution in [0.25, 0.3) is 10.9 Å². The van der Waals surface area contributed by atoms with E-state index in [1.165, 1.54) is 12.1 Å². The molecule has 0 saturated heterocycles. The highest BCUT2D eigenvalue weighted by atomic mass is 16.3. The molecule has 0 unspecified atom stereocenters. The molecule has 6 nitrogen and oxygen atoms in total. The Balaban J connectivity index is 2.91. The van der Waals surface area contributed by atoms with Crippen LogP contribution in [0.4, 0.5) is 0 Å². The van der Waals surface area contributed by atoms with Gasteiger partial charge in [-0.3, -0.25) is 4.79 Å². The number of nitrogens with two attached hydrogens (primary N) is 1. The zero-order valence-electron chi connectivity index (χ0n) is 7.51. The van der Waals surface area contributed by atoms with Crippen molar-refractivity contribution in [2.24, 2.45) is 5.73 Å². The largest absolute Gasteiger partial charge is 0.493 e. The SMILES string of the molecule is NC(=O)c1cccc2c(O)nc(O)nc12. The Labute approximate surface area is 84.0 Å². The van der Waals surface area contributed by atoms with Crippen molar-refractivity contribution < 1.29 is 15.0 Å². The fourth-order valence-electron chi connectivity index (χ4n) is 1.32. The lowest BCUT2D eigenvalue weighted by Crippen LogP contribution is -2.11. The summed E-state index contributed by atoms with van der Waals surface area (Å²) in [7, 11) is 0. The molecule has 1 aromatic heterocycles. The minimum Gasteiger partial charge on any atom is -0.493 e. The van der Waals surface area contributed by atoms with Crippen LogP contribution in [-0.2, 0) is 0 Å². The maximum atomic E-state index is 11.0. The summed E-state index contributed by atoms with van der Waals surface area (Å²) in [6.07, 6.45) is 0. The van der Waals surface area contributed by atoms with Crippen molar-refractivity contribution in [3.05, 3.63) is 23.8 Å². The van der Waals surface area contributed by atoms with Gasteiger partial charge in [-0.05, 0) is 12.1 Å². The Hall–Kier alpha value is -2.37. The summed E-state index contributed by atoms with van der Waals surface area (Å²) in [4.78, 5) is 18.0. The number of aromatic hydroxyl groups is 2. The van der Waals surface area contributed by atoms with E-state index in [2.05, 4.69) is 9.97 Å². The van der Waals surface area contributed by atoms with Crippen LogP contribution in [-0.4, -0.2) is 26.1 Å². The zero-order chi connectivity index (χ0) is 11.0. The zero-order valence-corrected chi connectivity index (χ0v) is 7.51. The van der Waals surface area contributed by atoms with E-state index in [1.54, 1.807) is 6.07 Å². The molecule has 1 heterocycles. The van der Waals surface area contributed by atoms with Crippen molar-refractivity contribution in [3.8, 4) is 11.9 Å². The first-order valence-electron chi connectivity index (χ1n) is 4.08. The Bertz CT molecular complexity index is 554. The molecular weight excluding hydrogens is 198 g/mol. The van der Waals surface area contributed by atoms with Crippen molar-refractivity contribution in [2.45, 2.75) is 0 Å². The lowest BCUT2D eigenvalue weighted by molar-refractivity contribution is 0.100. The molecule has 0 spiro atoms. The number of nitrogens with zero attached hydrogens (tertiary/aromatic N) is 2. The number of carbonyl (C=O) groups is 1. The minimum absolute atomic E-state index is 0.125. The lowest BCUT2D eigenvalue weighted by atomic mass is 10.1. The standard InChI is InChI=1S/C9H7N3O3/c10-7(13)4-2-1-3-5-6(4)11-9(15)12-8(5)14/h1-3H,(H2,10,13)(H2,11,12,14,15). The van der Waals surface area contributed by atoms with E-state index in [9.17, 15) is 9.90 Å². The Morgan fingerprint density at radius 3 is 2.67 bits per heavy atom. The Kier molecular flexibility index (Phi) is 1.89. The molecule has 0 bridgehead atoms. The second-order valence-corrected chi connectivity index (χ2v) is 2.91. The first-order valence-corrected chi connectivity index (χ1v) is 4.08. The van der Waals surface area contributed by atoms with Gasteiger partial charge < -0.3 is 15.9 Å². The van der Waals surface area contributed by atoms with Crippen molar-refractivity contribution in [1.82, 2.24) is 9.97 Å². The second kappa shape index (κ2) is 3.09. The fraction of sp³-hybridized carbons (Fsp3) is 0. The molecule has 2 rings (SSSR count). The molecule has 0 radical (unpaired) electrons. The molecule has 0 saturated carbocycles. The molecule has 0 atom stereocenters. The van der Waals surface area contributed by atoms with Crippen LogP contribution in [0.5, 0.6) is 11.9 Å². The quantitative estimate of drug-likeness (QED) is 0.613. The van der Waals surface area contributed by atoms with Gasteiger partial charge in [0, 0.05) is 0 Å². The third kappa shape index (κ3) is 1.41.